The van der Waals surface area contributed by atoms with Gasteiger partial charge < -0.3 is 15.0 Å². The molecule has 0 bridgehead atoms. The summed E-state index contributed by atoms with van der Waals surface area (Å²) in [6.45, 7) is 3.33. The summed E-state index contributed by atoms with van der Waals surface area (Å²) < 4.78 is 10.2. The first-order valence-corrected chi connectivity index (χ1v) is 7.08. The van der Waals surface area contributed by atoms with Crippen molar-refractivity contribution in [1.29, 1.82) is 0 Å². The molecule has 0 atom stereocenters. The van der Waals surface area contributed by atoms with Gasteiger partial charge in [-0.15, -0.1) is 0 Å². The van der Waals surface area contributed by atoms with Crippen LogP contribution in [0.3, 0.4) is 0 Å². The zero-order valence-corrected chi connectivity index (χ0v) is 12.4. The van der Waals surface area contributed by atoms with Gasteiger partial charge in [0.05, 0.1) is 19.7 Å². The van der Waals surface area contributed by atoms with Crippen LogP contribution in [-0.4, -0.2) is 41.8 Å². The van der Waals surface area contributed by atoms with E-state index in [-0.39, 0.29) is 6.54 Å². The number of benzene rings is 1. The van der Waals surface area contributed by atoms with E-state index in [1.165, 1.54) is 5.56 Å². The molecule has 0 saturated heterocycles. The first kappa shape index (κ1) is 15.6. The van der Waals surface area contributed by atoms with Gasteiger partial charge in [0.1, 0.15) is 0 Å². The smallest absolute Gasteiger partial charge is 0.240 e. The van der Waals surface area contributed by atoms with Crippen LogP contribution in [0.1, 0.15) is 17.3 Å². The number of rotatable bonds is 9. The van der Waals surface area contributed by atoms with Crippen molar-refractivity contribution in [3.8, 4) is 0 Å². The molecular weight excluding hydrogens is 268 g/mol. The second kappa shape index (κ2) is 8.51. The van der Waals surface area contributed by atoms with Gasteiger partial charge in [-0.05, 0) is 12.0 Å². The fourth-order valence-electron chi connectivity index (χ4n) is 2.06. The molecule has 2 N–H and O–H groups in total. The predicted molar refractivity (Wildman–Crippen MR) is 79.5 cm³/mol. The number of hydrogen-bond acceptors (Lipinski definition) is 6. The van der Waals surface area contributed by atoms with Gasteiger partial charge in [0.25, 0.3) is 0 Å². The van der Waals surface area contributed by atoms with E-state index in [4.69, 9.17) is 15.0 Å². The molecule has 1 aromatic heterocycles. The predicted octanol–water partition coefficient (Wildman–Crippen LogP) is 1.22. The van der Waals surface area contributed by atoms with E-state index >= 15 is 0 Å². The topological polar surface area (TPSA) is 77.4 Å². The van der Waals surface area contributed by atoms with Crippen molar-refractivity contribution in [2.45, 2.75) is 19.5 Å². The standard InChI is InChI=1S/C15H22N4O2/c1-20-10-9-19(8-7-13-5-3-2-4-6-13)12-14-17-15(11-16)21-18-14/h2-6H,7-12,16H2,1H3. The molecule has 1 aromatic carbocycles. The Labute approximate surface area is 124 Å². The van der Waals surface area contributed by atoms with Crippen molar-refractivity contribution in [3.63, 3.8) is 0 Å². The van der Waals surface area contributed by atoms with Crippen LogP contribution < -0.4 is 5.73 Å². The van der Waals surface area contributed by atoms with Gasteiger partial charge in [0, 0.05) is 20.2 Å². The first-order chi connectivity index (χ1) is 10.3. The van der Waals surface area contributed by atoms with Crippen LogP contribution in [0.2, 0.25) is 0 Å². The molecule has 0 spiro atoms. The average molecular weight is 290 g/mol. The molecule has 6 nitrogen and oxygen atoms in total. The zero-order chi connectivity index (χ0) is 14.9. The van der Waals surface area contributed by atoms with Gasteiger partial charge in [-0.1, -0.05) is 35.5 Å². The Morgan fingerprint density at radius 3 is 2.71 bits per heavy atom. The summed E-state index contributed by atoms with van der Waals surface area (Å²) in [4.78, 5) is 6.50. The van der Waals surface area contributed by atoms with Crippen LogP contribution in [0.5, 0.6) is 0 Å². The van der Waals surface area contributed by atoms with Gasteiger partial charge in [-0.3, -0.25) is 4.90 Å². The third-order valence-corrected chi connectivity index (χ3v) is 3.22. The quantitative estimate of drug-likeness (QED) is 0.748. The van der Waals surface area contributed by atoms with E-state index in [9.17, 15) is 0 Å². The maximum absolute atomic E-state index is 5.48. The summed E-state index contributed by atoms with van der Waals surface area (Å²) in [6.07, 6.45) is 0.978. The van der Waals surface area contributed by atoms with E-state index in [2.05, 4.69) is 39.3 Å². The van der Waals surface area contributed by atoms with Gasteiger partial charge >= 0.3 is 0 Å². The van der Waals surface area contributed by atoms with Crippen LogP contribution in [0.15, 0.2) is 34.9 Å². The van der Waals surface area contributed by atoms with Crippen LogP contribution in [0, 0.1) is 0 Å². The molecule has 114 valence electrons. The van der Waals surface area contributed by atoms with Crippen molar-refractivity contribution in [3.05, 3.63) is 47.6 Å². The average Bonchev–Trinajstić information content (AvgIpc) is 2.98. The molecule has 0 fully saturated rings. The van der Waals surface area contributed by atoms with Crippen molar-refractivity contribution in [2.75, 3.05) is 26.8 Å². The lowest BCUT2D eigenvalue weighted by atomic mass is 10.1. The Morgan fingerprint density at radius 1 is 1.24 bits per heavy atom. The molecular formula is C15H22N4O2. The highest BCUT2D eigenvalue weighted by Crippen LogP contribution is 2.05. The highest BCUT2D eigenvalue weighted by molar-refractivity contribution is 5.14. The molecule has 0 unspecified atom stereocenters. The minimum Gasteiger partial charge on any atom is -0.383 e. The first-order valence-electron chi connectivity index (χ1n) is 7.08. The number of aromatic nitrogens is 2. The van der Waals surface area contributed by atoms with Crippen molar-refractivity contribution in [1.82, 2.24) is 15.0 Å². The summed E-state index contributed by atoms with van der Waals surface area (Å²) >= 11 is 0. The molecule has 0 aliphatic carbocycles. The maximum atomic E-state index is 5.48. The molecule has 1 heterocycles. The largest absolute Gasteiger partial charge is 0.383 e. The number of nitrogens with zero attached hydrogens (tertiary/aromatic N) is 3. The highest BCUT2D eigenvalue weighted by atomic mass is 16.5. The molecule has 6 heteroatoms. The van der Waals surface area contributed by atoms with E-state index in [1.54, 1.807) is 7.11 Å². The van der Waals surface area contributed by atoms with Crippen LogP contribution in [0.25, 0.3) is 0 Å². The van der Waals surface area contributed by atoms with E-state index in [1.807, 2.05) is 6.07 Å². The third-order valence-electron chi connectivity index (χ3n) is 3.22. The summed E-state index contributed by atoms with van der Waals surface area (Å²) in [5.41, 5.74) is 6.79. The van der Waals surface area contributed by atoms with E-state index < -0.39 is 0 Å². The molecule has 0 amide bonds. The molecule has 21 heavy (non-hydrogen) atoms. The monoisotopic (exact) mass is 290 g/mol. The van der Waals surface area contributed by atoms with Crippen molar-refractivity contribution in [2.24, 2.45) is 5.73 Å². The normalized spacial score (nSPS) is 11.2. The van der Waals surface area contributed by atoms with E-state index in [0.29, 0.717) is 24.9 Å². The van der Waals surface area contributed by atoms with Crippen LogP contribution >= 0.6 is 0 Å². The number of methoxy groups -OCH3 is 1. The molecule has 0 saturated carbocycles. The van der Waals surface area contributed by atoms with Crippen LogP contribution in [0.4, 0.5) is 0 Å². The lowest BCUT2D eigenvalue weighted by molar-refractivity contribution is 0.142. The number of hydrogen-bond donors (Lipinski definition) is 1. The van der Waals surface area contributed by atoms with Crippen molar-refractivity contribution >= 4 is 0 Å². The van der Waals surface area contributed by atoms with Gasteiger partial charge in [-0.2, -0.15) is 4.98 Å². The van der Waals surface area contributed by atoms with Crippen LogP contribution in [-0.2, 0) is 24.2 Å². The van der Waals surface area contributed by atoms with Gasteiger partial charge in [0.2, 0.25) is 5.89 Å². The summed E-state index contributed by atoms with van der Waals surface area (Å²) in [5.74, 6) is 1.14. The molecule has 0 aliphatic rings. The lowest BCUT2D eigenvalue weighted by Gasteiger charge is -2.20. The Morgan fingerprint density at radius 2 is 2.05 bits per heavy atom. The number of ether oxygens (including phenoxy) is 1. The Kier molecular flexibility index (Phi) is 6.33. The SMILES string of the molecule is COCCN(CCc1ccccc1)Cc1noc(CN)n1. The molecule has 0 aliphatic heterocycles. The van der Waals surface area contributed by atoms with Gasteiger partial charge in [-0.25, -0.2) is 0 Å². The Bertz CT molecular complexity index is 515. The van der Waals surface area contributed by atoms with E-state index in [0.717, 1.165) is 19.5 Å². The molecule has 2 rings (SSSR count). The Balaban J connectivity index is 1.90. The second-order valence-electron chi connectivity index (χ2n) is 4.81. The third kappa shape index (κ3) is 5.26. The van der Waals surface area contributed by atoms with Gasteiger partial charge in [0.15, 0.2) is 5.82 Å². The summed E-state index contributed by atoms with van der Waals surface area (Å²) in [6, 6.07) is 10.4. The minimum absolute atomic E-state index is 0.273. The number of nitrogens with two attached hydrogens (primary N) is 1. The molecule has 0 radical (unpaired) electrons. The zero-order valence-electron chi connectivity index (χ0n) is 12.4. The fraction of sp³-hybridized carbons (Fsp3) is 0.467. The van der Waals surface area contributed by atoms with Crippen molar-refractivity contribution < 1.29 is 9.26 Å². The lowest BCUT2D eigenvalue weighted by Crippen LogP contribution is -2.29. The summed E-state index contributed by atoms with van der Waals surface area (Å²) in [7, 11) is 1.70. The molecule has 2 aromatic rings. The summed E-state index contributed by atoms with van der Waals surface area (Å²) in [5, 5.41) is 3.94. The fourth-order valence-corrected chi connectivity index (χ4v) is 2.06. The Hall–Kier alpha value is -1.76. The second-order valence-corrected chi connectivity index (χ2v) is 4.81. The maximum Gasteiger partial charge on any atom is 0.240 e. The highest BCUT2D eigenvalue weighted by Gasteiger charge is 2.11. The minimum atomic E-state index is 0.273.